The lowest BCUT2D eigenvalue weighted by atomic mass is 9.71. The summed E-state index contributed by atoms with van der Waals surface area (Å²) >= 11 is 0. The van der Waals surface area contributed by atoms with E-state index in [1.165, 1.54) is 214 Å². The second kappa shape index (κ2) is 23.3. The zero-order chi connectivity index (χ0) is 75.1. The fraction of sp³-hybridized carbons (Fsp3) is 0.0727. The summed E-state index contributed by atoms with van der Waals surface area (Å²) in [6, 6.07) is 119. The van der Waals surface area contributed by atoms with Crippen molar-refractivity contribution < 1.29 is 8.83 Å². The standard InChI is InChI=1S/C57H37NO.C53H35NO/c1-57(2)51-32-54-49(30-47(51)48-31-50-45-16-8-10-18-55(45)59-56(50)33-52(48)57)44-15-7-9-17-53(44)58(54)38-26-23-35(24-27-38)34-19-21-36(22-20-34)37-25-28-43-41-13-4-3-11-39(41)40-12-5-6-14-42(40)46(43)29-37;1-53(2)45-28-49-43(26-41(45)42-27-44-37-17-8-10-21-50(37)55-51(44)29-46(42)53)36-16-7-9-20-47(36)54(49)48-25-24-33(30-12-5-6-15-35(30)48)34-22-23-40-32-14-4-3-13-31(32)38-18-11-19-39(34)52(38)40/h3-33H,1-2H3;3-29,39,52H,1-2H3. The van der Waals surface area contributed by atoms with Gasteiger partial charge in [-0.05, 0) is 235 Å². The Bertz CT molecular complexity index is 7990. The highest BCUT2D eigenvalue weighted by Gasteiger charge is 2.43. The molecule has 4 heteroatoms. The van der Waals surface area contributed by atoms with Crippen LogP contribution >= 0.6 is 0 Å². The van der Waals surface area contributed by atoms with E-state index in [0.29, 0.717) is 11.8 Å². The molecule has 5 aliphatic carbocycles. The smallest absolute Gasteiger partial charge is 0.135 e. The largest absolute Gasteiger partial charge is 0.456 e. The summed E-state index contributed by atoms with van der Waals surface area (Å²) in [5.41, 5.74) is 34.5. The first-order chi connectivity index (χ1) is 56.0. The van der Waals surface area contributed by atoms with Crippen molar-refractivity contribution in [3.63, 3.8) is 0 Å². The van der Waals surface area contributed by atoms with Gasteiger partial charge in [-0.15, -0.1) is 0 Å². The molecule has 26 rings (SSSR count). The molecule has 0 aliphatic heterocycles. The molecular formula is C110H72N2O2. The molecule has 4 nitrogen and oxygen atoms in total. The second-order valence-electron chi connectivity index (χ2n) is 33.2. The first kappa shape index (κ1) is 63.7. The van der Waals surface area contributed by atoms with Gasteiger partial charge in [-0.25, -0.2) is 0 Å². The van der Waals surface area contributed by atoms with Crippen LogP contribution in [0.2, 0.25) is 0 Å². The van der Waals surface area contributed by atoms with Crippen LogP contribution in [-0.2, 0) is 10.8 Å². The Labute approximate surface area is 658 Å². The van der Waals surface area contributed by atoms with E-state index >= 15 is 0 Å². The molecule has 5 aliphatic rings. The molecule has 0 N–H and O–H groups in total. The van der Waals surface area contributed by atoms with Crippen LogP contribution in [0.3, 0.4) is 0 Å². The van der Waals surface area contributed by atoms with Gasteiger partial charge in [0, 0.05) is 76.8 Å². The van der Waals surface area contributed by atoms with Gasteiger partial charge in [0.25, 0.3) is 0 Å². The molecule has 0 fully saturated rings. The molecule has 0 radical (unpaired) electrons. The minimum absolute atomic E-state index is 0.182. The minimum atomic E-state index is -0.195. The Morgan fingerprint density at radius 2 is 0.649 bits per heavy atom. The Morgan fingerprint density at radius 3 is 1.21 bits per heavy atom. The fourth-order valence-corrected chi connectivity index (χ4v) is 21.3. The van der Waals surface area contributed by atoms with Crippen molar-refractivity contribution in [3.05, 3.63) is 391 Å². The van der Waals surface area contributed by atoms with E-state index in [-0.39, 0.29) is 10.8 Å². The lowest BCUT2D eigenvalue weighted by Crippen LogP contribution is -2.18. The maximum Gasteiger partial charge on any atom is 0.135 e. The van der Waals surface area contributed by atoms with Crippen LogP contribution in [0.25, 0.3) is 203 Å². The molecule has 21 aromatic rings. The molecular weight excluding hydrogens is 1380 g/mol. The molecule has 17 aromatic carbocycles. The summed E-state index contributed by atoms with van der Waals surface area (Å²) in [5.74, 6) is 0.650. The van der Waals surface area contributed by atoms with Gasteiger partial charge in [-0.3, -0.25) is 0 Å². The number of hydrogen-bond acceptors (Lipinski definition) is 2. The number of benzene rings is 17. The van der Waals surface area contributed by atoms with Crippen molar-refractivity contribution in [3.8, 4) is 55.9 Å². The van der Waals surface area contributed by atoms with Crippen LogP contribution in [0.1, 0.15) is 66.6 Å². The molecule has 114 heavy (non-hydrogen) atoms. The van der Waals surface area contributed by atoms with Gasteiger partial charge in [0.2, 0.25) is 0 Å². The first-order valence-corrected chi connectivity index (χ1v) is 40.1. The van der Waals surface area contributed by atoms with Gasteiger partial charge >= 0.3 is 0 Å². The van der Waals surface area contributed by atoms with E-state index in [1.807, 2.05) is 6.07 Å². The molecule has 4 aromatic heterocycles. The van der Waals surface area contributed by atoms with Crippen molar-refractivity contribution in [2.75, 3.05) is 0 Å². The summed E-state index contributed by atoms with van der Waals surface area (Å²) in [5, 5.41) is 20.1. The van der Waals surface area contributed by atoms with E-state index in [9.17, 15) is 0 Å². The van der Waals surface area contributed by atoms with Gasteiger partial charge in [0.1, 0.15) is 22.3 Å². The molecule has 0 saturated carbocycles. The average Bonchev–Trinajstić information content (AvgIpc) is 1.54. The highest BCUT2D eigenvalue weighted by Crippen LogP contribution is 2.59. The summed E-state index contributed by atoms with van der Waals surface area (Å²) in [6.07, 6.45) is 11.8. The van der Waals surface area contributed by atoms with Gasteiger partial charge in [-0.2, -0.15) is 0 Å². The monoisotopic (exact) mass is 1450 g/mol. The quantitative estimate of drug-likeness (QED) is 0.161. The van der Waals surface area contributed by atoms with Crippen LogP contribution < -0.4 is 0 Å². The lowest BCUT2D eigenvalue weighted by Gasteiger charge is -2.32. The number of fused-ring (bicyclic) bond motifs is 28. The number of rotatable bonds is 5. The predicted octanol–water partition coefficient (Wildman–Crippen LogP) is 29.6. The van der Waals surface area contributed by atoms with Crippen molar-refractivity contribution in [2.45, 2.75) is 38.5 Å². The Kier molecular flexibility index (Phi) is 13.0. The van der Waals surface area contributed by atoms with E-state index in [0.717, 1.165) is 28.0 Å². The van der Waals surface area contributed by atoms with E-state index in [1.54, 1.807) is 0 Å². The van der Waals surface area contributed by atoms with Gasteiger partial charge in [0.15, 0.2) is 0 Å². The molecule has 2 atom stereocenters. The Hall–Kier alpha value is -14.1. The maximum atomic E-state index is 6.40. The van der Waals surface area contributed by atoms with E-state index < -0.39 is 0 Å². The van der Waals surface area contributed by atoms with Crippen molar-refractivity contribution in [1.82, 2.24) is 9.13 Å². The maximum absolute atomic E-state index is 6.40. The summed E-state index contributed by atoms with van der Waals surface area (Å²) in [7, 11) is 0. The number of aromatic nitrogens is 2. The van der Waals surface area contributed by atoms with Crippen LogP contribution in [0.5, 0.6) is 0 Å². The number of nitrogens with zero attached hydrogens (tertiary/aromatic N) is 2. The number of hydrogen-bond donors (Lipinski definition) is 0. The zero-order valence-corrected chi connectivity index (χ0v) is 63.4. The van der Waals surface area contributed by atoms with Crippen LogP contribution in [0.15, 0.2) is 361 Å². The lowest BCUT2D eigenvalue weighted by molar-refractivity contribution is 0.647. The topological polar surface area (TPSA) is 36.1 Å². The minimum Gasteiger partial charge on any atom is -0.456 e. The van der Waals surface area contributed by atoms with Crippen LogP contribution in [0.4, 0.5) is 0 Å². The summed E-state index contributed by atoms with van der Waals surface area (Å²) < 4.78 is 17.7. The van der Waals surface area contributed by atoms with Crippen molar-refractivity contribution in [1.29, 1.82) is 0 Å². The van der Waals surface area contributed by atoms with Gasteiger partial charge < -0.3 is 18.0 Å². The van der Waals surface area contributed by atoms with Crippen molar-refractivity contribution >= 4 is 147 Å². The predicted molar refractivity (Wildman–Crippen MR) is 479 cm³/mol. The second-order valence-corrected chi connectivity index (χ2v) is 33.2. The molecule has 534 valence electrons. The number of allylic oxidation sites excluding steroid dienone is 8. The van der Waals surface area contributed by atoms with Crippen LogP contribution in [-0.4, -0.2) is 9.13 Å². The normalized spacial score (nSPS) is 16.0. The average molecular weight is 1450 g/mol. The van der Waals surface area contributed by atoms with Crippen LogP contribution in [0, 0.1) is 11.8 Å². The summed E-state index contributed by atoms with van der Waals surface area (Å²) in [6.45, 7) is 9.45. The zero-order valence-electron chi connectivity index (χ0n) is 63.4. The number of furan rings is 2. The SMILES string of the molecule is CC1(C)c2cc3oc4ccccc4c3cc2-c2cc3c4ccccc4n(-c4ccc(-c5ccc(-c6ccc7c8ccccc8c8ccccc8c7c6)cc5)cc4)c3cc21.CC1(C)c2cc3oc4ccccc4c3cc2-c2cc3c4ccccc4n(-c4ccc(C5=CC=C6c7ccccc7C7=CC=CC5C76)c5ccccc45)c3cc21. The third-order valence-electron chi connectivity index (χ3n) is 26.8. The molecule has 0 bridgehead atoms. The fourth-order valence-electron chi connectivity index (χ4n) is 21.3. The van der Waals surface area contributed by atoms with E-state index in [4.69, 9.17) is 8.83 Å². The first-order valence-electron chi connectivity index (χ1n) is 40.1. The molecule has 0 amide bonds. The highest BCUT2D eigenvalue weighted by atomic mass is 16.3. The third-order valence-corrected chi connectivity index (χ3v) is 26.8. The van der Waals surface area contributed by atoms with Crippen molar-refractivity contribution in [2.24, 2.45) is 11.8 Å². The Morgan fingerprint density at radius 1 is 0.246 bits per heavy atom. The molecule has 0 spiro atoms. The van der Waals surface area contributed by atoms with Gasteiger partial charge in [-0.1, -0.05) is 283 Å². The Balaban J connectivity index is 0.000000129. The number of para-hydroxylation sites is 4. The molecule has 0 saturated heterocycles. The summed E-state index contributed by atoms with van der Waals surface area (Å²) in [4.78, 5) is 0. The highest BCUT2D eigenvalue weighted by molar-refractivity contribution is 6.26. The molecule has 2 unspecified atom stereocenters. The van der Waals surface area contributed by atoms with Gasteiger partial charge in [0.05, 0.1) is 27.8 Å². The molecule has 4 heterocycles. The third kappa shape index (κ3) is 8.83. The van der Waals surface area contributed by atoms with E-state index in [2.05, 4.69) is 383 Å².